The summed E-state index contributed by atoms with van der Waals surface area (Å²) in [5, 5.41) is 2.76. The smallest absolute Gasteiger partial charge is 0.251 e. The van der Waals surface area contributed by atoms with Gasteiger partial charge in [-0.25, -0.2) is 8.42 Å². The van der Waals surface area contributed by atoms with Crippen molar-refractivity contribution in [1.29, 1.82) is 0 Å². The number of hydrogen-bond donors (Lipinski definition) is 1. The molecular formula is C18H20N2O5S. The van der Waals surface area contributed by atoms with Crippen LogP contribution in [0.1, 0.15) is 15.9 Å². The molecule has 2 aromatic rings. The molecule has 3 rings (SSSR count). The number of carbonyl (C=O) groups is 1. The number of ether oxygens (including phenoxy) is 2. The Morgan fingerprint density at radius 2 is 1.88 bits per heavy atom. The number of fused-ring (bicyclic) bond motifs is 1. The van der Waals surface area contributed by atoms with E-state index in [0.29, 0.717) is 22.7 Å². The Labute approximate surface area is 152 Å². The van der Waals surface area contributed by atoms with Crippen molar-refractivity contribution in [3.63, 3.8) is 0 Å². The number of benzene rings is 2. The van der Waals surface area contributed by atoms with Gasteiger partial charge in [0.05, 0.1) is 18.5 Å². The van der Waals surface area contributed by atoms with Crippen LogP contribution in [-0.4, -0.2) is 40.5 Å². The quantitative estimate of drug-likeness (QED) is 0.833. The zero-order chi connectivity index (χ0) is 18.7. The zero-order valence-electron chi connectivity index (χ0n) is 14.6. The number of nitrogens with zero attached hydrogens (tertiary/aromatic N) is 1. The Kier molecular flexibility index (Phi) is 5.03. The molecule has 0 saturated heterocycles. The summed E-state index contributed by atoms with van der Waals surface area (Å²) in [6.07, 6.45) is 1.13. The van der Waals surface area contributed by atoms with Crippen molar-refractivity contribution in [3.8, 4) is 11.5 Å². The van der Waals surface area contributed by atoms with E-state index >= 15 is 0 Å². The van der Waals surface area contributed by atoms with Crippen molar-refractivity contribution in [2.75, 3.05) is 30.4 Å². The molecule has 2 aromatic carbocycles. The third kappa shape index (κ3) is 3.91. The van der Waals surface area contributed by atoms with E-state index in [1.165, 1.54) is 4.31 Å². The molecule has 0 saturated carbocycles. The molecule has 7 nitrogen and oxygen atoms in total. The van der Waals surface area contributed by atoms with E-state index in [4.69, 9.17) is 9.47 Å². The Bertz CT molecular complexity index is 927. The highest BCUT2D eigenvalue weighted by Gasteiger charge is 2.21. The molecule has 1 heterocycles. The summed E-state index contributed by atoms with van der Waals surface area (Å²) in [6.45, 7) is 2.25. The number of carbonyl (C=O) groups excluding carboxylic acids is 1. The van der Waals surface area contributed by atoms with Crippen LogP contribution in [-0.2, 0) is 10.0 Å². The lowest BCUT2D eigenvalue weighted by Crippen LogP contribution is -2.38. The van der Waals surface area contributed by atoms with Gasteiger partial charge in [-0.3, -0.25) is 9.10 Å². The minimum Gasteiger partial charge on any atom is -0.454 e. The molecule has 0 bridgehead atoms. The highest BCUT2D eigenvalue weighted by molar-refractivity contribution is 7.92. The van der Waals surface area contributed by atoms with Gasteiger partial charge in [-0.1, -0.05) is 18.2 Å². The summed E-state index contributed by atoms with van der Waals surface area (Å²) in [7, 11) is -3.52. The average Bonchev–Trinajstić information content (AvgIpc) is 3.05. The van der Waals surface area contributed by atoms with Crippen LogP contribution in [0.2, 0.25) is 0 Å². The third-order valence-electron chi connectivity index (χ3n) is 4.03. The standard InChI is InChI=1S/C18H20N2O5S/c1-13-5-3-4-6-15(13)18(21)19-9-10-20(26(2,22)23)14-7-8-16-17(11-14)25-12-24-16/h3-8,11H,9-10,12H2,1-2H3,(H,19,21). The van der Waals surface area contributed by atoms with Gasteiger partial charge in [-0.2, -0.15) is 0 Å². The predicted molar refractivity (Wildman–Crippen MR) is 98.3 cm³/mol. The minimum atomic E-state index is -3.52. The van der Waals surface area contributed by atoms with Crippen LogP contribution in [0.3, 0.4) is 0 Å². The van der Waals surface area contributed by atoms with Crippen LogP contribution in [0.5, 0.6) is 11.5 Å². The fourth-order valence-corrected chi connectivity index (χ4v) is 3.64. The van der Waals surface area contributed by atoms with Crippen LogP contribution in [0.4, 0.5) is 5.69 Å². The van der Waals surface area contributed by atoms with Crippen LogP contribution in [0.15, 0.2) is 42.5 Å². The Hall–Kier alpha value is -2.74. The van der Waals surface area contributed by atoms with E-state index < -0.39 is 10.0 Å². The maximum atomic E-state index is 12.3. The highest BCUT2D eigenvalue weighted by atomic mass is 32.2. The molecular weight excluding hydrogens is 356 g/mol. The molecule has 0 fully saturated rings. The summed E-state index contributed by atoms with van der Waals surface area (Å²) in [6, 6.07) is 12.2. The van der Waals surface area contributed by atoms with Gasteiger partial charge in [0, 0.05) is 18.2 Å². The number of rotatable bonds is 6. The lowest BCUT2D eigenvalue weighted by atomic mass is 10.1. The first-order chi connectivity index (χ1) is 12.4. The number of nitrogens with one attached hydrogen (secondary N) is 1. The number of hydrogen-bond acceptors (Lipinski definition) is 5. The molecule has 0 aromatic heterocycles. The molecule has 1 aliphatic heterocycles. The average molecular weight is 376 g/mol. The van der Waals surface area contributed by atoms with Gasteiger partial charge in [-0.15, -0.1) is 0 Å². The summed E-state index contributed by atoms with van der Waals surface area (Å²) < 4.78 is 36.1. The first-order valence-corrected chi connectivity index (χ1v) is 9.92. The molecule has 1 amide bonds. The normalized spacial score (nSPS) is 12.7. The van der Waals surface area contributed by atoms with E-state index in [0.717, 1.165) is 11.8 Å². The lowest BCUT2D eigenvalue weighted by molar-refractivity contribution is 0.0954. The molecule has 1 aliphatic rings. The summed E-state index contributed by atoms with van der Waals surface area (Å²) in [5.74, 6) is 0.845. The Morgan fingerprint density at radius 3 is 2.62 bits per heavy atom. The van der Waals surface area contributed by atoms with Crippen molar-refractivity contribution in [1.82, 2.24) is 5.32 Å². The van der Waals surface area contributed by atoms with E-state index in [9.17, 15) is 13.2 Å². The first kappa shape index (κ1) is 18.1. The van der Waals surface area contributed by atoms with E-state index in [-0.39, 0.29) is 25.8 Å². The maximum absolute atomic E-state index is 12.3. The van der Waals surface area contributed by atoms with Gasteiger partial charge < -0.3 is 14.8 Å². The molecule has 0 radical (unpaired) electrons. The van der Waals surface area contributed by atoms with E-state index in [2.05, 4.69) is 5.32 Å². The fraction of sp³-hybridized carbons (Fsp3) is 0.278. The van der Waals surface area contributed by atoms with Crippen molar-refractivity contribution in [3.05, 3.63) is 53.6 Å². The van der Waals surface area contributed by atoms with Crippen molar-refractivity contribution < 1.29 is 22.7 Å². The fourth-order valence-electron chi connectivity index (χ4n) is 2.72. The maximum Gasteiger partial charge on any atom is 0.251 e. The first-order valence-electron chi connectivity index (χ1n) is 8.07. The van der Waals surface area contributed by atoms with E-state index in [1.807, 2.05) is 19.1 Å². The van der Waals surface area contributed by atoms with Crippen LogP contribution < -0.4 is 19.1 Å². The van der Waals surface area contributed by atoms with Crippen LogP contribution in [0, 0.1) is 6.92 Å². The summed E-state index contributed by atoms with van der Waals surface area (Å²) >= 11 is 0. The molecule has 0 aliphatic carbocycles. The molecule has 0 spiro atoms. The molecule has 8 heteroatoms. The Balaban J connectivity index is 1.70. The van der Waals surface area contributed by atoms with Gasteiger partial charge in [0.1, 0.15) is 0 Å². The Morgan fingerprint density at radius 1 is 1.15 bits per heavy atom. The van der Waals surface area contributed by atoms with Crippen molar-refractivity contribution >= 4 is 21.6 Å². The van der Waals surface area contributed by atoms with Crippen LogP contribution in [0.25, 0.3) is 0 Å². The molecule has 26 heavy (non-hydrogen) atoms. The summed E-state index contributed by atoms with van der Waals surface area (Å²) in [5.41, 5.74) is 1.89. The van der Waals surface area contributed by atoms with Gasteiger partial charge in [0.15, 0.2) is 11.5 Å². The molecule has 0 unspecified atom stereocenters. The van der Waals surface area contributed by atoms with Gasteiger partial charge in [0.25, 0.3) is 5.91 Å². The second-order valence-electron chi connectivity index (χ2n) is 5.94. The second kappa shape index (κ2) is 7.25. The van der Waals surface area contributed by atoms with Crippen molar-refractivity contribution in [2.45, 2.75) is 6.92 Å². The largest absolute Gasteiger partial charge is 0.454 e. The molecule has 1 N–H and O–H groups in total. The SMILES string of the molecule is Cc1ccccc1C(=O)NCCN(c1ccc2c(c1)OCO2)S(C)(=O)=O. The lowest BCUT2D eigenvalue weighted by Gasteiger charge is -2.23. The monoisotopic (exact) mass is 376 g/mol. The second-order valence-corrected chi connectivity index (χ2v) is 7.85. The third-order valence-corrected chi connectivity index (χ3v) is 5.23. The van der Waals surface area contributed by atoms with Crippen molar-refractivity contribution in [2.24, 2.45) is 0 Å². The summed E-state index contributed by atoms with van der Waals surface area (Å²) in [4.78, 5) is 12.3. The highest BCUT2D eigenvalue weighted by Crippen LogP contribution is 2.35. The minimum absolute atomic E-state index is 0.107. The number of anilines is 1. The number of aryl methyl sites for hydroxylation is 1. The van der Waals surface area contributed by atoms with Gasteiger partial charge in [0.2, 0.25) is 16.8 Å². The number of sulfonamides is 1. The molecule has 0 atom stereocenters. The van der Waals surface area contributed by atoms with E-state index in [1.54, 1.807) is 30.3 Å². The van der Waals surface area contributed by atoms with Crippen LogP contribution >= 0.6 is 0 Å². The van der Waals surface area contributed by atoms with Gasteiger partial charge >= 0.3 is 0 Å². The van der Waals surface area contributed by atoms with Gasteiger partial charge in [-0.05, 0) is 30.7 Å². The predicted octanol–water partition coefficient (Wildman–Crippen LogP) is 1.92. The topological polar surface area (TPSA) is 84.9 Å². The number of amides is 1. The zero-order valence-corrected chi connectivity index (χ0v) is 15.4. The molecule has 138 valence electrons.